The molecule has 1 aromatic heterocycles. The first-order chi connectivity index (χ1) is 11.1. The lowest BCUT2D eigenvalue weighted by atomic mass is 9.94. The number of esters is 1. The number of carbonyl (C=O) groups excluding carboxylic acids is 1. The molecule has 6 heteroatoms. The van der Waals surface area contributed by atoms with E-state index >= 15 is 0 Å². The van der Waals surface area contributed by atoms with Crippen LogP contribution in [0.15, 0.2) is 48.5 Å². The molecule has 1 heterocycles. The zero-order valence-electron chi connectivity index (χ0n) is 12.4. The maximum atomic E-state index is 12.3. The summed E-state index contributed by atoms with van der Waals surface area (Å²) in [6.07, 6.45) is 0.541. The number of hydrogen-bond donors (Lipinski definition) is 0. The average Bonchev–Trinajstić information content (AvgIpc) is 2.89. The van der Waals surface area contributed by atoms with Gasteiger partial charge in [-0.1, -0.05) is 41.9 Å². The standard InChI is InChI=1S/C17H14ClIN2O2/c1-23-17(22)14(9-11-5-3-2-4-6-11)16-13-8-7-12(18)10-15(13)21(19)20-16/h2-8,10,14H,9H2,1H3. The summed E-state index contributed by atoms with van der Waals surface area (Å²) in [6.45, 7) is 0. The lowest BCUT2D eigenvalue weighted by molar-refractivity contribution is -0.142. The Kier molecular flexibility index (Phi) is 4.87. The van der Waals surface area contributed by atoms with E-state index < -0.39 is 5.92 Å². The molecular formula is C17H14ClIN2O2. The summed E-state index contributed by atoms with van der Waals surface area (Å²) in [5.41, 5.74) is 2.66. The van der Waals surface area contributed by atoms with Gasteiger partial charge in [0.05, 0.1) is 41.2 Å². The molecule has 0 saturated heterocycles. The number of fused-ring (bicyclic) bond motifs is 1. The second-order valence-corrected chi connectivity index (χ2v) is 6.52. The molecule has 1 unspecified atom stereocenters. The van der Waals surface area contributed by atoms with E-state index in [1.165, 1.54) is 7.11 Å². The van der Waals surface area contributed by atoms with Gasteiger partial charge in [-0.2, -0.15) is 5.10 Å². The molecule has 2 aromatic carbocycles. The van der Waals surface area contributed by atoms with Crippen molar-refractivity contribution in [3.8, 4) is 0 Å². The summed E-state index contributed by atoms with van der Waals surface area (Å²) in [7, 11) is 1.40. The zero-order chi connectivity index (χ0) is 16.4. The topological polar surface area (TPSA) is 44.1 Å². The Labute approximate surface area is 152 Å². The first-order valence-electron chi connectivity index (χ1n) is 7.06. The van der Waals surface area contributed by atoms with Gasteiger partial charge in [0.15, 0.2) is 0 Å². The van der Waals surface area contributed by atoms with E-state index in [0.29, 0.717) is 17.1 Å². The van der Waals surface area contributed by atoms with E-state index in [1.807, 2.05) is 48.5 Å². The van der Waals surface area contributed by atoms with Gasteiger partial charge >= 0.3 is 5.97 Å². The number of carbonyl (C=O) groups is 1. The summed E-state index contributed by atoms with van der Waals surface area (Å²) in [5, 5.41) is 6.09. The number of benzene rings is 2. The highest BCUT2D eigenvalue weighted by Gasteiger charge is 2.27. The third kappa shape index (κ3) is 3.35. The van der Waals surface area contributed by atoms with Crippen LogP contribution in [0.3, 0.4) is 0 Å². The Morgan fingerprint density at radius 3 is 2.74 bits per heavy atom. The number of hydrogen-bond acceptors (Lipinski definition) is 3. The van der Waals surface area contributed by atoms with Crippen LogP contribution in [0.5, 0.6) is 0 Å². The molecular weight excluding hydrogens is 427 g/mol. The van der Waals surface area contributed by atoms with Crippen molar-refractivity contribution in [3.05, 3.63) is 64.8 Å². The van der Waals surface area contributed by atoms with Crippen LogP contribution in [0, 0.1) is 0 Å². The van der Waals surface area contributed by atoms with Crippen molar-refractivity contribution in [1.29, 1.82) is 0 Å². The zero-order valence-corrected chi connectivity index (χ0v) is 15.3. The molecule has 0 aliphatic carbocycles. The maximum absolute atomic E-state index is 12.3. The van der Waals surface area contributed by atoms with Crippen LogP contribution in [0.25, 0.3) is 10.9 Å². The Morgan fingerprint density at radius 2 is 2.04 bits per heavy atom. The number of ether oxygens (including phenoxy) is 1. The predicted octanol–water partition coefficient (Wildman–Crippen LogP) is 4.39. The first-order valence-corrected chi connectivity index (χ1v) is 8.40. The molecule has 0 amide bonds. The molecule has 3 rings (SSSR count). The molecule has 3 aromatic rings. The van der Waals surface area contributed by atoms with Gasteiger partial charge in [0, 0.05) is 10.4 Å². The molecule has 0 N–H and O–H groups in total. The summed E-state index contributed by atoms with van der Waals surface area (Å²) < 4.78 is 6.72. The van der Waals surface area contributed by atoms with E-state index in [1.54, 1.807) is 2.90 Å². The van der Waals surface area contributed by atoms with Gasteiger partial charge in [-0.3, -0.25) is 4.79 Å². The van der Waals surface area contributed by atoms with Crippen LogP contribution in [-0.2, 0) is 16.0 Å². The van der Waals surface area contributed by atoms with E-state index in [2.05, 4.69) is 28.0 Å². The molecule has 23 heavy (non-hydrogen) atoms. The lowest BCUT2D eigenvalue weighted by Gasteiger charge is -2.13. The molecule has 0 radical (unpaired) electrons. The second kappa shape index (κ2) is 6.88. The summed E-state index contributed by atoms with van der Waals surface area (Å²) in [4.78, 5) is 12.3. The van der Waals surface area contributed by atoms with Crippen molar-refractivity contribution >= 4 is 51.3 Å². The molecule has 4 nitrogen and oxygen atoms in total. The monoisotopic (exact) mass is 440 g/mol. The summed E-state index contributed by atoms with van der Waals surface area (Å²) in [5.74, 6) is -0.748. The third-order valence-corrected chi connectivity index (χ3v) is 4.70. The van der Waals surface area contributed by atoms with Crippen LogP contribution in [0.1, 0.15) is 17.2 Å². The van der Waals surface area contributed by atoms with Crippen LogP contribution in [-0.4, -0.2) is 21.1 Å². The fraction of sp³-hybridized carbons (Fsp3) is 0.176. The molecule has 0 fully saturated rings. The number of aromatic nitrogens is 2. The van der Waals surface area contributed by atoms with Crippen molar-refractivity contribution in [2.75, 3.05) is 7.11 Å². The third-order valence-electron chi connectivity index (χ3n) is 3.73. The minimum absolute atomic E-state index is 0.291. The number of nitrogens with zero attached hydrogens (tertiary/aromatic N) is 2. The molecule has 0 aliphatic heterocycles. The van der Waals surface area contributed by atoms with Gasteiger partial charge in [-0.05, 0) is 30.2 Å². The highest BCUT2D eigenvalue weighted by molar-refractivity contribution is 14.1. The highest BCUT2D eigenvalue weighted by atomic mass is 127. The minimum atomic E-state index is -0.456. The van der Waals surface area contributed by atoms with E-state index in [0.717, 1.165) is 16.5 Å². The van der Waals surface area contributed by atoms with E-state index in [9.17, 15) is 4.79 Å². The van der Waals surface area contributed by atoms with Gasteiger partial charge < -0.3 is 4.74 Å². The number of halogens is 2. The smallest absolute Gasteiger partial charge is 0.315 e. The van der Waals surface area contributed by atoms with Crippen molar-refractivity contribution < 1.29 is 9.53 Å². The van der Waals surface area contributed by atoms with Gasteiger partial charge in [0.25, 0.3) is 0 Å². The van der Waals surface area contributed by atoms with Crippen molar-refractivity contribution in [2.24, 2.45) is 0 Å². The fourth-order valence-electron chi connectivity index (χ4n) is 2.62. The molecule has 118 valence electrons. The maximum Gasteiger partial charge on any atom is 0.315 e. The lowest BCUT2D eigenvalue weighted by Crippen LogP contribution is -2.17. The molecule has 0 spiro atoms. The Balaban J connectivity index is 2.08. The average molecular weight is 441 g/mol. The van der Waals surface area contributed by atoms with Crippen LogP contribution >= 0.6 is 34.5 Å². The van der Waals surface area contributed by atoms with Gasteiger partial charge in [0.1, 0.15) is 5.92 Å². The van der Waals surface area contributed by atoms with Crippen molar-refractivity contribution in [1.82, 2.24) is 7.99 Å². The summed E-state index contributed by atoms with van der Waals surface area (Å²) >= 11 is 8.15. The normalized spacial score (nSPS) is 12.3. The summed E-state index contributed by atoms with van der Waals surface area (Å²) in [6, 6.07) is 15.4. The predicted molar refractivity (Wildman–Crippen MR) is 99.1 cm³/mol. The SMILES string of the molecule is COC(=O)C(Cc1ccccc1)c1nn(I)c2cc(Cl)ccc12. The first kappa shape index (κ1) is 16.3. The molecule has 0 saturated carbocycles. The van der Waals surface area contributed by atoms with Crippen LogP contribution < -0.4 is 0 Å². The van der Waals surface area contributed by atoms with E-state index in [-0.39, 0.29) is 5.97 Å². The second-order valence-electron chi connectivity index (χ2n) is 5.17. The Hall–Kier alpha value is -1.60. The molecule has 0 bridgehead atoms. The number of rotatable bonds is 4. The largest absolute Gasteiger partial charge is 0.468 e. The van der Waals surface area contributed by atoms with Gasteiger partial charge in [-0.25, -0.2) is 2.90 Å². The van der Waals surface area contributed by atoms with Crippen LogP contribution in [0.2, 0.25) is 5.02 Å². The number of methoxy groups -OCH3 is 1. The van der Waals surface area contributed by atoms with E-state index in [4.69, 9.17) is 16.3 Å². The highest BCUT2D eigenvalue weighted by Crippen LogP contribution is 2.31. The Morgan fingerprint density at radius 1 is 1.30 bits per heavy atom. The van der Waals surface area contributed by atoms with Crippen molar-refractivity contribution in [2.45, 2.75) is 12.3 Å². The van der Waals surface area contributed by atoms with Gasteiger partial charge in [-0.15, -0.1) is 0 Å². The Bertz CT molecular complexity index is 848. The minimum Gasteiger partial charge on any atom is -0.468 e. The molecule has 0 aliphatic rings. The quantitative estimate of drug-likeness (QED) is 0.446. The molecule has 1 atom stereocenters. The fourth-order valence-corrected chi connectivity index (χ4v) is 3.42. The van der Waals surface area contributed by atoms with Crippen LogP contribution in [0.4, 0.5) is 0 Å². The van der Waals surface area contributed by atoms with Gasteiger partial charge in [0.2, 0.25) is 0 Å². The van der Waals surface area contributed by atoms with Crippen molar-refractivity contribution in [3.63, 3.8) is 0 Å².